The summed E-state index contributed by atoms with van der Waals surface area (Å²) >= 11 is 0. The first-order valence-electron chi connectivity index (χ1n) is 6.49. The van der Waals surface area contributed by atoms with Crippen LogP contribution < -0.4 is 0 Å². The smallest absolute Gasteiger partial charge is 0.0100 e. The monoisotopic (exact) mass is 190 g/mol. The molecule has 6 atom stereocenters. The highest BCUT2D eigenvalue weighted by atomic mass is 14.8. The molecule has 14 heavy (non-hydrogen) atoms. The van der Waals surface area contributed by atoms with Crippen LogP contribution in [-0.4, -0.2) is 0 Å². The van der Waals surface area contributed by atoms with Gasteiger partial charge in [-0.15, -0.1) is 0 Å². The summed E-state index contributed by atoms with van der Waals surface area (Å²) in [7, 11) is 0. The Labute approximate surface area is 87.8 Å². The largest absolute Gasteiger partial charge is 0.0992 e. The topological polar surface area (TPSA) is 0 Å². The van der Waals surface area contributed by atoms with Gasteiger partial charge < -0.3 is 0 Å². The van der Waals surface area contributed by atoms with E-state index in [1.165, 1.54) is 25.7 Å². The van der Waals surface area contributed by atoms with E-state index in [0.29, 0.717) is 0 Å². The van der Waals surface area contributed by atoms with Crippen LogP contribution in [-0.2, 0) is 0 Å². The van der Waals surface area contributed by atoms with Crippen LogP contribution in [0.5, 0.6) is 0 Å². The fraction of sp³-hybridized carbons (Fsp3) is 0.857. The molecule has 0 aromatic carbocycles. The van der Waals surface area contributed by atoms with E-state index in [1.54, 1.807) is 5.57 Å². The highest BCUT2D eigenvalue weighted by Crippen LogP contribution is 2.78. The van der Waals surface area contributed by atoms with Crippen molar-refractivity contribution in [3.63, 3.8) is 0 Å². The van der Waals surface area contributed by atoms with Crippen LogP contribution in [0.3, 0.4) is 0 Å². The quantitative estimate of drug-likeness (QED) is 0.590. The maximum atomic E-state index is 4.26. The van der Waals surface area contributed by atoms with Crippen molar-refractivity contribution in [1.29, 1.82) is 0 Å². The molecular formula is C14H22. The van der Waals surface area contributed by atoms with Gasteiger partial charge in [0.25, 0.3) is 0 Å². The molecule has 0 N–H and O–H groups in total. The summed E-state index contributed by atoms with van der Waals surface area (Å²) < 4.78 is 0. The zero-order valence-corrected chi connectivity index (χ0v) is 9.50. The van der Waals surface area contributed by atoms with Crippen molar-refractivity contribution in [2.75, 3.05) is 0 Å². The predicted molar refractivity (Wildman–Crippen MR) is 59.9 cm³/mol. The standard InChI is InChI=1S/C14H22/c1-4-6-9-11-8(3)12(11)14-10(7-5-2)13(9)14/h9-14H,3-7H2,1-2H3. The molecule has 0 aromatic rings. The van der Waals surface area contributed by atoms with Crippen LogP contribution in [0.1, 0.15) is 39.5 Å². The van der Waals surface area contributed by atoms with E-state index < -0.39 is 0 Å². The Kier molecular flexibility index (Phi) is 1.84. The minimum atomic E-state index is 0.984. The average Bonchev–Trinajstić information content (AvgIpc) is 2.96. The Bertz CT molecular complexity index is 265. The minimum Gasteiger partial charge on any atom is -0.0992 e. The highest BCUT2D eigenvalue weighted by molar-refractivity contribution is 5.39. The number of hydrogen-bond acceptors (Lipinski definition) is 0. The molecule has 0 nitrogen and oxygen atoms in total. The van der Waals surface area contributed by atoms with Gasteiger partial charge in [0.2, 0.25) is 0 Å². The van der Waals surface area contributed by atoms with Gasteiger partial charge >= 0.3 is 0 Å². The molecule has 3 aliphatic rings. The Morgan fingerprint density at radius 3 is 2.21 bits per heavy atom. The van der Waals surface area contributed by atoms with Gasteiger partial charge in [-0.05, 0) is 41.9 Å². The lowest BCUT2D eigenvalue weighted by Gasteiger charge is -2.13. The third-order valence-corrected chi connectivity index (χ3v) is 5.04. The van der Waals surface area contributed by atoms with Crippen LogP contribution >= 0.6 is 0 Å². The summed E-state index contributed by atoms with van der Waals surface area (Å²) in [5.41, 5.74) is 1.63. The van der Waals surface area contributed by atoms with Crippen molar-refractivity contribution >= 4 is 0 Å². The average molecular weight is 190 g/mol. The van der Waals surface area contributed by atoms with Gasteiger partial charge in [-0.25, -0.2) is 0 Å². The van der Waals surface area contributed by atoms with Crippen molar-refractivity contribution in [3.8, 4) is 0 Å². The van der Waals surface area contributed by atoms with E-state index in [-0.39, 0.29) is 0 Å². The third kappa shape index (κ3) is 0.951. The third-order valence-electron chi connectivity index (χ3n) is 5.04. The molecule has 0 bridgehead atoms. The lowest BCUT2D eigenvalue weighted by atomic mass is 9.92. The number of allylic oxidation sites excluding steroid dienone is 1. The molecule has 0 aliphatic heterocycles. The molecule has 3 aliphatic carbocycles. The van der Waals surface area contributed by atoms with Gasteiger partial charge in [0, 0.05) is 0 Å². The molecule has 0 amide bonds. The molecule has 78 valence electrons. The number of hydrogen-bond donors (Lipinski definition) is 0. The minimum absolute atomic E-state index is 0.984. The molecule has 3 saturated carbocycles. The lowest BCUT2D eigenvalue weighted by molar-refractivity contribution is 0.368. The van der Waals surface area contributed by atoms with Crippen molar-refractivity contribution in [3.05, 3.63) is 12.2 Å². The molecular weight excluding hydrogens is 168 g/mol. The fourth-order valence-corrected chi connectivity index (χ4v) is 4.59. The second-order valence-corrected chi connectivity index (χ2v) is 5.69. The van der Waals surface area contributed by atoms with Crippen LogP contribution in [0.15, 0.2) is 12.2 Å². The van der Waals surface area contributed by atoms with Gasteiger partial charge in [-0.3, -0.25) is 0 Å². The second-order valence-electron chi connectivity index (χ2n) is 5.69. The van der Waals surface area contributed by atoms with Gasteiger partial charge in [-0.1, -0.05) is 45.3 Å². The van der Waals surface area contributed by atoms with Gasteiger partial charge in [-0.2, -0.15) is 0 Å². The highest BCUT2D eigenvalue weighted by Gasteiger charge is 2.73. The van der Waals surface area contributed by atoms with Crippen molar-refractivity contribution < 1.29 is 0 Å². The van der Waals surface area contributed by atoms with E-state index in [1.807, 2.05) is 0 Å². The molecule has 3 rings (SSSR count). The molecule has 6 unspecified atom stereocenters. The molecule has 3 fully saturated rings. The van der Waals surface area contributed by atoms with E-state index in [0.717, 1.165) is 35.5 Å². The zero-order valence-electron chi connectivity index (χ0n) is 9.50. The summed E-state index contributed by atoms with van der Waals surface area (Å²) in [4.78, 5) is 0. The van der Waals surface area contributed by atoms with E-state index in [9.17, 15) is 0 Å². The Balaban J connectivity index is 1.71. The summed E-state index contributed by atoms with van der Waals surface area (Å²) in [5, 5.41) is 0. The van der Waals surface area contributed by atoms with Gasteiger partial charge in [0.1, 0.15) is 0 Å². The van der Waals surface area contributed by atoms with Gasteiger partial charge in [0.05, 0.1) is 0 Å². The number of rotatable bonds is 4. The number of fused-ring (bicyclic) bond motifs is 3. The Morgan fingerprint density at radius 1 is 0.929 bits per heavy atom. The first-order valence-corrected chi connectivity index (χ1v) is 6.49. The van der Waals surface area contributed by atoms with Gasteiger partial charge in [0.15, 0.2) is 0 Å². The predicted octanol–water partition coefficient (Wildman–Crippen LogP) is 3.88. The van der Waals surface area contributed by atoms with E-state index in [2.05, 4.69) is 20.4 Å². The van der Waals surface area contributed by atoms with Crippen molar-refractivity contribution in [2.45, 2.75) is 39.5 Å². The van der Waals surface area contributed by atoms with Crippen LogP contribution in [0.25, 0.3) is 0 Å². The Morgan fingerprint density at radius 2 is 1.57 bits per heavy atom. The first-order chi connectivity index (χ1) is 6.81. The zero-order chi connectivity index (χ0) is 9.87. The normalized spacial score (nSPS) is 52.9. The first kappa shape index (κ1) is 9.00. The summed E-state index contributed by atoms with van der Waals surface area (Å²) in [6.45, 7) is 8.93. The van der Waals surface area contributed by atoms with Crippen LogP contribution in [0.4, 0.5) is 0 Å². The molecule has 0 heteroatoms. The summed E-state index contributed by atoms with van der Waals surface area (Å²) in [6.07, 6.45) is 5.73. The maximum Gasteiger partial charge on any atom is -0.0100 e. The lowest BCUT2D eigenvalue weighted by Crippen LogP contribution is -2.06. The Hall–Kier alpha value is -0.260. The molecule has 0 heterocycles. The summed E-state index contributed by atoms with van der Waals surface area (Å²) in [5.74, 6) is 6.38. The van der Waals surface area contributed by atoms with Crippen LogP contribution in [0.2, 0.25) is 0 Å². The molecule has 0 aromatic heterocycles. The van der Waals surface area contributed by atoms with Crippen molar-refractivity contribution in [2.24, 2.45) is 35.5 Å². The van der Waals surface area contributed by atoms with Crippen LogP contribution in [0, 0.1) is 35.5 Å². The molecule has 0 spiro atoms. The fourth-order valence-electron chi connectivity index (χ4n) is 4.59. The van der Waals surface area contributed by atoms with E-state index in [4.69, 9.17) is 0 Å². The second kappa shape index (κ2) is 2.87. The molecule has 0 radical (unpaired) electrons. The summed E-state index contributed by atoms with van der Waals surface area (Å²) in [6, 6.07) is 0. The van der Waals surface area contributed by atoms with Crippen molar-refractivity contribution in [1.82, 2.24) is 0 Å². The van der Waals surface area contributed by atoms with E-state index >= 15 is 0 Å². The molecule has 0 saturated heterocycles. The maximum absolute atomic E-state index is 4.26. The SMILES string of the molecule is C=C1C2C(CCC)C3C(CCC)C3C12.